The summed E-state index contributed by atoms with van der Waals surface area (Å²) >= 11 is 3.46. The lowest BCUT2D eigenvalue weighted by atomic mass is 10.2. The van der Waals surface area contributed by atoms with Gasteiger partial charge in [-0.05, 0) is 38.0 Å². The van der Waals surface area contributed by atoms with E-state index in [0.29, 0.717) is 13.0 Å². The second-order valence-electron chi connectivity index (χ2n) is 4.67. The molecule has 6 heteroatoms. The number of fused-ring (bicyclic) bond motifs is 1. The molecule has 1 heterocycles. The number of benzene rings is 1. The van der Waals surface area contributed by atoms with Gasteiger partial charge >= 0.3 is 5.97 Å². The van der Waals surface area contributed by atoms with Crippen LogP contribution in [0.2, 0.25) is 0 Å². The number of esters is 1. The lowest BCUT2D eigenvalue weighted by Crippen LogP contribution is -2.03. The van der Waals surface area contributed by atoms with E-state index >= 15 is 0 Å². The van der Waals surface area contributed by atoms with Crippen LogP contribution in [-0.2, 0) is 9.53 Å². The number of ether oxygens (including phenoxy) is 1. The monoisotopic (exact) mass is 324 g/mol. The van der Waals surface area contributed by atoms with Crippen molar-refractivity contribution in [3.05, 3.63) is 18.2 Å². The number of thioether (sulfide) groups is 1. The first-order chi connectivity index (χ1) is 10.2. The fourth-order valence-electron chi connectivity index (χ4n) is 1.92. The molecule has 0 atom stereocenters. The van der Waals surface area contributed by atoms with E-state index in [-0.39, 0.29) is 5.97 Å². The van der Waals surface area contributed by atoms with Crippen molar-refractivity contribution >= 4 is 45.0 Å². The molecule has 0 bridgehead atoms. The van der Waals surface area contributed by atoms with Crippen LogP contribution in [0.1, 0.15) is 32.6 Å². The summed E-state index contributed by atoms with van der Waals surface area (Å²) in [5, 5.41) is 0. The normalized spacial score (nSPS) is 10.9. The Morgan fingerprint density at radius 3 is 3.05 bits per heavy atom. The molecule has 0 aliphatic heterocycles. The summed E-state index contributed by atoms with van der Waals surface area (Å²) in [5.74, 6) is 0.937. The molecular weight excluding hydrogens is 304 g/mol. The number of unbranched alkanes of at least 4 members (excludes halogenated alkanes) is 2. The maximum absolute atomic E-state index is 11.2. The van der Waals surface area contributed by atoms with E-state index < -0.39 is 0 Å². The minimum Gasteiger partial charge on any atom is -0.466 e. The summed E-state index contributed by atoms with van der Waals surface area (Å²) in [5.41, 5.74) is 7.56. The minimum atomic E-state index is -0.0890. The van der Waals surface area contributed by atoms with Gasteiger partial charge < -0.3 is 10.5 Å². The Morgan fingerprint density at radius 1 is 1.38 bits per heavy atom. The quantitative estimate of drug-likeness (QED) is 0.343. The zero-order valence-electron chi connectivity index (χ0n) is 12.1. The highest BCUT2D eigenvalue weighted by Crippen LogP contribution is 2.31. The van der Waals surface area contributed by atoms with Gasteiger partial charge in [-0.2, -0.15) is 0 Å². The number of carbonyl (C=O) groups is 1. The van der Waals surface area contributed by atoms with E-state index in [2.05, 4.69) is 4.98 Å². The summed E-state index contributed by atoms with van der Waals surface area (Å²) < 4.78 is 7.12. The largest absolute Gasteiger partial charge is 0.466 e. The zero-order chi connectivity index (χ0) is 15.1. The van der Waals surface area contributed by atoms with Crippen LogP contribution in [0.15, 0.2) is 22.5 Å². The molecule has 0 spiro atoms. The zero-order valence-corrected chi connectivity index (χ0v) is 13.8. The van der Waals surface area contributed by atoms with E-state index in [1.54, 1.807) is 23.1 Å². The Labute approximate surface area is 133 Å². The molecular formula is C15H20N2O2S2. The van der Waals surface area contributed by atoms with Gasteiger partial charge in [0.1, 0.15) is 0 Å². The van der Waals surface area contributed by atoms with E-state index in [1.807, 2.05) is 25.1 Å². The van der Waals surface area contributed by atoms with E-state index in [0.717, 1.165) is 45.3 Å². The molecule has 4 nitrogen and oxygen atoms in total. The summed E-state index contributed by atoms with van der Waals surface area (Å²) in [6.45, 7) is 2.30. The summed E-state index contributed by atoms with van der Waals surface area (Å²) in [7, 11) is 0. The number of nitrogen functional groups attached to an aromatic ring is 1. The highest BCUT2D eigenvalue weighted by Gasteiger charge is 2.05. The van der Waals surface area contributed by atoms with Crippen molar-refractivity contribution in [3.63, 3.8) is 0 Å². The van der Waals surface area contributed by atoms with E-state index in [4.69, 9.17) is 10.5 Å². The lowest BCUT2D eigenvalue weighted by molar-refractivity contribution is -0.143. The van der Waals surface area contributed by atoms with Gasteiger partial charge in [-0.15, -0.1) is 11.3 Å². The first-order valence-corrected chi connectivity index (χ1v) is 8.93. The molecule has 1 aromatic carbocycles. The third-order valence-electron chi connectivity index (χ3n) is 2.95. The Balaban J connectivity index is 1.67. The van der Waals surface area contributed by atoms with Gasteiger partial charge in [-0.1, -0.05) is 18.2 Å². The Hall–Kier alpha value is -1.27. The molecule has 0 saturated carbocycles. The number of nitrogens with two attached hydrogens (primary N) is 1. The Morgan fingerprint density at radius 2 is 2.24 bits per heavy atom. The highest BCUT2D eigenvalue weighted by molar-refractivity contribution is 8.01. The van der Waals surface area contributed by atoms with Crippen molar-refractivity contribution in [2.24, 2.45) is 0 Å². The van der Waals surface area contributed by atoms with Gasteiger partial charge in [-0.3, -0.25) is 4.79 Å². The molecule has 114 valence electrons. The molecule has 2 rings (SSSR count). The van der Waals surface area contributed by atoms with Crippen LogP contribution in [0.3, 0.4) is 0 Å². The second-order valence-corrected chi connectivity index (χ2v) is 7.04. The fourth-order valence-corrected chi connectivity index (χ4v) is 4.11. The average Bonchev–Trinajstić information content (AvgIpc) is 2.84. The Bertz CT molecular complexity index is 598. The van der Waals surface area contributed by atoms with Gasteiger partial charge in [0, 0.05) is 17.9 Å². The Kier molecular flexibility index (Phi) is 6.32. The van der Waals surface area contributed by atoms with E-state index in [9.17, 15) is 4.79 Å². The van der Waals surface area contributed by atoms with E-state index in [1.165, 1.54) is 0 Å². The smallest absolute Gasteiger partial charge is 0.305 e. The maximum Gasteiger partial charge on any atom is 0.305 e. The average molecular weight is 324 g/mol. The standard InChI is InChI=1S/C15H20N2O2S2/c1-2-19-14(18)6-4-3-5-9-20-15-17-12-8-7-11(16)10-13(12)21-15/h7-8,10H,2-6,9,16H2,1H3. The molecule has 21 heavy (non-hydrogen) atoms. The molecule has 0 radical (unpaired) electrons. The number of nitrogens with zero attached hydrogens (tertiary/aromatic N) is 1. The van der Waals surface area contributed by atoms with Gasteiger partial charge in [0.2, 0.25) is 0 Å². The highest BCUT2D eigenvalue weighted by atomic mass is 32.2. The number of anilines is 1. The third kappa shape index (κ3) is 5.21. The molecule has 0 unspecified atom stereocenters. The van der Waals surface area contributed by atoms with Crippen molar-refractivity contribution < 1.29 is 9.53 Å². The van der Waals surface area contributed by atoms with Crippen molar-refractivity contribution in [1.29, 1.82) is 0 Å². The predicted molar refractivity (Wildman–Crippen MR) is 89.9 cm³/mol. The van der Waals surface area contributed by atoms with Gasteiger partial charge in [0.15, 0.2) is 4.34 Å². The van der Waals surface area contributed by atoms with Crippen molar-refractivity contribution in [2.45, 2.75) is 36.9 Å². The number of aromatic nitrogens is 1. The first-order valence-electron chi connectivity index (χ1n) is 7.13. The predicted octanol–water partition coefficient (Wildman–Crippen LogP) is 4.09. The van der Waals surface area contributed by atoms with Gasteiger partial charge in [0.05, 0.1) is 16.8 Å². The maximum atomic E-state index is 11.2. The van der Waals surface area contributed by atoms with Crippen molar-refractivity contribution in [1.82, 2.24) is 4.98 Å². The molecule has 0 aliphatic rings. The SMILES string of the molecule is CCOC(=O)CCCCCSc1nc2ccc(N)cc2s1. The number of hydrogen-bond donors (Lipinski definition) is 1. The number of thiazole rings is 1. The summed E-state index contributed by atoms with van der Waals surface area (Å²) in [6.07, 6.45) is 3.56. The second kappa shape index (κ2) is 8.24. The van der Waals surface area contributed by atoms with Gasteiger partial charge in [0.25, 0.3) is 0 Å². The van der Waals surface area contributed by atoms with Crippen LogP contribution in [0.5, 0.6) is 0 Å². The molecule has 0 saturated heterocycles. The fraction of sp³-hybridized carbons (Fsp3) is 0.467. The first kappa shape index (κ1) is 16.1. The summed E-state index contributed by atoms with van der Waals surface area (Å²) in [6, 6.07) is 5.81. The number of carbonyl (C=O) groups excluding carboxylic acids is 1. The lowest BCUT2D eigenvalue weighted by Gasteiger charge is -2.01. The molecule has 1 aromatic heterocycles. The molecule has 2 aromatic rings. The molecule has 0 amide bonds. The summed E-state index contributed by atoms with van der Waals surface area (Å²) in [4.78, 5) is 15.8. The number of rotatable bonds is 8. The molecule has 0 fully saturated rings. The van der Waals surface area contributed by atoms with Crippen molar-refractivity contribution in [2.75, 3.05) is 18.1 Å². The minimum absolute atomic E-state index is 0.0890. The van der Waals surface area contributed by atoms with Crippen LogP contribution in [0.4, 0.5) is 5.69 Å². The number of hydrogen-bond acceptors (Lipinski definition) is 6. The van der Waals surface area contributed by atoms with Gasteiger partial charge in [-0.25, -0.2) is 4.98 Å². The van der Waals surface area contributed by atoms with Crippen LogP contribution in [-0.4, -0.2) is 23.3 Å². The van der Waals surface area contributed by atoms with Crippen LogP contribution < -0.4 is 5.73 Å². The third-order valence-corrected chi connectivity index (χ3v) is 5.20. The van der Waals surface area contributed by atoms with Crippen LogP contribution in [0, 0.1) is 0 Å². The van der Waals surface area contributed by atoms with Crippen molar-refractivity contribution in [3.8, 4) is 0 Å². The van der Waals surface area contributed by atoms with Crippen LogP contribution >= 0.6 is 23.1 Å². The molecule has 0 aliphatic carbocycles. The topological polar surface area (TPSA) is 65.2 Å². The molecule has 2 N–H and O–H groups in total. The van der Waals surface area contributed by atoms with Crippen LogP contribution in [0.25, 0.3) is 10.2 Å².